The van der Waals surface area contributed by atoms with Gasteiger partial charge in [-0.3, -0.25) is 4.79 Å². The molecule has 28 heavy (non-hydrogen) atoms. The maximum atomic E-state index is 12.6. The van der Waals surface area contributed by atoms with E-state index in [0.717, 1.165) is 33.7 Å². The second kappa shape index (κ2) is 6.85. The zero-order valence-electron chi connectivity index (χ0n) is 15.1. The Morgan fingerprint density at radius 3 is 2.61 bits per heavy atom. The van der Waals surface area contributed by atoms with Crippen molar-refractivity contribution in [1.82, 2.24) is 4.98 Å². The SMILES string of the molecule is O=C(Nc1ccc(-c2nc3ccccc3o2)cc1)C1COc2ccccc2C1. The summed E-state index contributed by atoms with van der Waals surface area (Å²) in [7, 11) is 0. The minimum Gasteiger partial charge on any atom is -0.492 e. The Morgan fingerprint density at radius 1 is 0.964 bits per heavy atom. The molecule has 5 heteroatoms. The number of hydrogen-bond acceptors (Lipinski definition) is 4. The van der Waals surface area contributed by atoms with Crippen LogP contribution in [0, 0.1) is 5.92 Å². The number of nitrogens with zero attached hydrogens (tertiary/aromatic N) is 1. The molecule has 5 nitrogen and oxygen atoms in total. The number of anilines is 1. The summed E-state index contributed by atoms with van der Waals surface area (Å²) in [6.45, 7) is 0.393. The first-order chi connectivity index (χ1) is 13.8. The van der Waals surface area contributed by atoms with Crippen molar-refractivity contribution in [2.75, 3.05) is 11.9 Å². The molecule has 3 aromatic carbocycles. The molecular formula is C23H18N2O3. The van der Waals surface area contributed by atoms with Gasteiger partial charge in [0.2, 0.25) is 11.8 Å². The number of nitrogens with one attached hydrogen (secondary N) is 1. The number of para-hydroxylation sites is 3. The second-order valence-electron chi connectivity index (χ2n) is 6.87. The normalized spacial score (nSPS) is 15.6. The summed E-state index contributed by atoms with van der Waals surface area (Å²) >= 11 is 0. The summed E-state index contributed by atoms with van der Waals surface area (Å²) in [6, 6.07) is 23.0. The fraction of sp³-hybridized carbons (Fsp3) is 0.130. The minimum absolute atomic E-state index is 0.0379. The molecule has 138 valence electrons. The predicted octanol–water partition coefficient (Wildman–Crippen LogP) is 4.68. The van der Waals surface area contributed by atoms with Crippen LogP contribution in [0.5, 0.6) is 5.75 Å². The van der Waals surface area contributed by atoms with Crippen LogP contribution in [0.2, 0.25) is 0 Å². The number of hydrogen-bond donors (Lipinski definition) is 1. The largest absolute Gasteiger partial charge is 0.492 e. The van der Waals surface area contributed by atoms with Crippen LogP contribution in [-0.4, -0.2) is 17.5 Å². The third kappa shape index (κ3) is 3.11. The van der Waals surface area contributed by atoms with Gasteiger partial charge in [0, 0.05) is 11.3 Å². The van der Waals surface area contributed by atoms with Gasteiger partial charge in [0.15, 0.2) is 5.58 Å². The average Bonchev–Trinajstić information content (AvgIpc) is 3.18. The number of amides is 1. The van der Waals surface area contributed by atoms with Crippen molar-refractivity contribution >= 4 is 22.7 Å². The molecule has 1 aliphatic heterocycles. The van der Waals surface area contributed by atoms with Gasteiger partial charge in [0.05, 0.1) is 5.92 Å². The van der Waals surface area contributed by atoms with E-state index in [-0.39, 0.29) is 11.8 Å². The topological polar surface area (TPSA) is 64.4 Å². The molecule has 0 spiro atoms. The molecule has 1 aliphatic rings. The zero-order chi connectivity index (χ0) is 18.9. The van der Waals surface area contributed by atoms with Gasteiger partial charge in [-0.05, 0) is 54.4 Å². The summed E-state index contributed by atoms with van der Waals surface area (Å²) in [6.07, 6.45) is 0.684. The first-order valence-corrected chi connectivity index (χ1v) is 9.24. The lowest BCUT2D eigenvalue weighted by molar-refractivity contribution is -0.121. The van der Waals surface area contributed by atoms with E-state index in [0.29, 0.717) is 18.9 Å². The minimum atomic E-state index is -0.202. The highest BCUT2D eigenvalue weighted by molar-refractivity contribution is 5.93. The van der Waals surface area contributed by atoms with Crippen LogP contribution in [0.25, 0.3) is 22.6 Å². The highest BCUT2D eigenvalue weighted by Crippen LogP contribution is 2.28. The van der Waals surface area contributed by atoms with Gasteiger partial charge in [0.25, 0.3) is 0 Å². The lowest BCUT2D eigenvalue weighted by Gasteiger charge is -2.24. The Morgan fingerprint density at radius 2 is 1.75 bits per heavy atom. The van der Waals surface area contributed by atoms with Gasteiger partial charge < -0.3 is 14.5 Å². The van der Waals surface area contributed by atoms with E-state index in [9.17, 15) is 4.79 Å². The van der Waals surface area contributed by atoms with Crippen molar-refractivity contribution in [3.05, 3.63) is 78.4 Å². The number of benzene rings is 3. The van der Waals surface area contributed by atoms with Crippen LogP contribution in [-0.2, 0) is 11.2 Å². The molecule has 5 rings (SSSR count). The number of ether oxygens (including phenoxy) is 1. The first kappa shape index (κ1) is 16.6. The predicted molar refractivity (Wildman–Crippen MR) is 107 cm³/mol. The average molecular weight is 370 g/mol. The fourth-order valence-electron chi connectivity index (χ4n) is 3.43. The van der Waals surface area contributed by atoms with E-state index in [1.54, 1.807) is 0 Å². The molecule has 0 aliphatic carbocycles. The van der Waals surface area contributed by atoms with Gasteiger partial charge >= 0.3 is 0 Å². The number of rotatable bonds is 3. The molecule has 1 unspecified atom stereocenters. The van der Waals surface area contributed by atoms with Crippen molar-refractivity contribution in [1.29, 1.82) is 0 Å². The molecule has 0 saturated heterocycles. The van der Waals surface area contributed by atoms with Gasteiger partial charge in [-0.15, -0.1) is 0 Å². The maximum Gasteiger partial charge on any atom is 0.231 e. The van der Waals surface area contributed by atoms with E-state index in [1.807, 2.05) is 72.8 Å². The third-order valence-corrected chi connectivity index (χ3v) is 4.94. The molecule has 0 radical (unpaired) electrons. The summed E-state index contributed by atoms with van der Waals surface area (Å²) in [4.78, 5) is 17.1. The van der Waals surface area contributed by atoms with E-state index < -0.39 is 0 Å². The molecule has 0 bridgehead atoms. The van der Waals surface area contributed by atoms with Crippen LogP contribution in [0.1, 0.15) is 5.56 Å². The number of fused-ring (bicyclic) bond motifs is 2. The quantitative estimate of drug-likeness (QED) is 0.568. The highest BCUT2D eigenvalue weighted by atomic mass is 16.5. The second-order valence-corrected chi connectivity index (χ2v) is 6.87. The zero-order valence-corrected chi connectivity index (χ0v) is 15.1. The summed E-state index contributed by atoms with van der Waals surface area (Å²) in [5, 5.41) is 2.98. The number of carbonyl (C=O) groups is 1. The van der Waals surface area contributed by atoms with Crippen molar-refractivity contribution in [2.45, 2.75) is 6.42 Å². The molecule has 2 heterocycles. The monoisotopic (exact) mass is 370 g/mol. The summed E-state index contributed by atoms with van der Waals surface area (Å²) in [5.41, 5.74) is 4.26. The van der Waals surface area contributed by atoms with Crippen LogP contribution in [0.4, 0.5) is 5.69 Å². The maximum absolute atomic E-state index is 12.6. The summed E-state index contributed by atoms with van der Waals surface area (Å²) in [5.74, 6) is 1.20. The molecule has 4 aromatic rings. The highest BCUT2D eigenvalue weighted by Gasteiger charge is 2.25. The number of carbonyl (C=O) groups excluding carboxylic acids is 1. The molecule has 1 amide bonds. The van der Waals surface area contributed by atoms with E-state index >= 15 is 0 Å². The Balaban J connectivity index is 1.29. The number of aromatic nitrogens is 1. The van der Waals surface area contributed by atoms with Crippen molar-refractivity contribution in [3.63, 3.8) is 0 Å². The van der Waals surface area contributed by atoms with Gasteiger partial charge in [-0.2, -0.15) is 0 Å². The number of oxazole rings is 1. The van der Waals surface area contributed by atoms with E-state index in [4.69, 9.17) is 9.15 Å². The Kier molecular flexibility index (Phi) is 4.05. The van der Waals surface area contributed by atoms with Crippen LogP contribution in [0.3, 0.4) is 0 Å². The Labute approximate surface area is 162 Å². The lowest BCUT2D eigenvalue weighted by Crippen LogP contribution is -2.32. The van der Waals surface area contributed by atoms with Crippen molar-refractivity contribution in [3.8, 4) is 17.2 Å². The molecule has 1 N–H and O–H groups in total. The lowest BCUT2D eigenvalue weighted by atomic mass is 9.96. The van der Waals surface area contributed by atoms with Gasteiger partial charge in [0.1, 0.15) is 17.9 Å². The fourth-order valence-corrected chi connectivity index (χ4v) is 3.43. The van der Waals surface area contributed by atoms with Crippen LogP contribution >= 0.6 is 0 Å². The third-order valence-electron chi connectivity index (χ3n) is 4.94. The smallest absolute Gasteiger partial charge is 0.231 e. The Hall–Kier alpha value is -3.60. The van der Waals surface area contributed by atoms with Crippen LogP contribution < -0.4 is 10.1 Å². The van der Waals surface area contributed by atoms with E-state index in [2.05, 4.69) is 10.3 Å². The van der Waals surface area contributed by atoms with Crippen molar-refractivity contribution in [2.24, 2.45) is 5.92 Å². The van der Waals surface area contributed by atoms with Gasteiger partial charge in [-0.1, -0.05) is 30.3 Å². The molecule has 1 aromatic heterocycles. The molecule has 0 fully saturated rings. The van der Waals surface area contributed by atoms with Crippen molar-refractivity contribution < 1.29 is 13.9 Å². The molecular weight excluding hydrogens is 352 g/mol. The first-order valence-electron chi connectivity index (χ1n) is 9.24. The molecule has 1 atom stereocenters. The van der Waals surface area contributed by atoms with Crippen LogP contribution in [0.15, 0.2) is 77.2 Å². The van der Waals surface area contributed by atoms with E-state index in [1.165, 1.54) is 0 Å². The standard InChI is InChI=1S/C23H18N2O3/c26-22(17-13-16-5-1-3-7-20(16)27-14-17)24-18-11-9-15(10-12-18)23-25-19-6-2-4-8-21(19)28-23/h1-12,17H,13-14H2,(H,24,26). The molecule has 0 saturated carbocycles. The summed E-state index contributed by atoms with van der Waals surface area (Å²) < 4.78 is 11.5. The Bertz CT molecular complexity index is 1110. The van der Waals surface area contributed by atoms with Gasteiger partial charge in [-0.25, -0.2) is 4.98 Å².